The van der Waals surface area contributed by atoms with Crippen molar-refractivity contribution in [1.29, 1.82) is 0 Å². The van der Waals surface area contributed by atoms with Crippen LogP contribution in [0.3, 0.4) is 0 Å². The summed E-state index contributed by atoms with van der Waals surface area (Å²) < 4.78 is 11.3. The molecule has 1 rings (SSSR count). The molecule has 0 saturated heterocycles. The average Bonchev–Trinajstić information content (AvgIpc) is 2.67. The van der Waals surface area contributed by atoms with E-state index in [0.29, 0.717) is 12.1 Å². The van der Waals surface area contributed by atoms with Crippen LogP contribution in [-0.2, 0) is 14.3 Å². The zero-order chi connectivity index (χ0) is 18.3. The van der Waals surface area contributed by atoms with E-state index >= 15 is 0 Å². The minimum Gasteiger partial charge on any atom is -0.463 e. The monoisotopic (exact) mass is 397 g/mol. The number of ether oxygens (including phenoxy) is 2. The number of hydrogen-bond donors (Lipinski definition) is 0. The van der Waals surface area contributed by atoms with Gasteiger partial charge in [0.05, 0.1) is 13.2 Å². The zero-order valence-electron chi connectivity index (χ0n) is 14.6. The van der Waals surface area contributed by atoms with Crippen molar-refractivity contribution in [3.8, 4) is 0 Å². The fourth-order valence-electron chi connectivity index (χ4n) is 1.86. The maximum Gasteiger partial charge on any atom is 0.415 e. The molecule has 5 nitrogen and oxygen atoms in total. The van der Waals surface area contributed by atoms with E-state index in [-0.39, 0.29) is 18.7 Å². The Morgan fingerprint density at radius 1 is 1.29 bits per heavy atom. The second kappa shape index (κ2) is 8.87. The quantitative estimate of drug-likeness (QED) is 0.507. The predicted octanol–water partition coefficient (Wildman–Crippen LogP) is 4.47. The summed E-state index contributed by atoms with van der Waals surface area (Å²) in [6.07, 6.45) is 7.58. The van der Waals surface area contributed by atoms with E-state index in [1.165, 1.54) is 4.90 Å². The molecule has 132 valence electrons. The normalized spacial score (nSPS) is 14.2. The lowest BCUT2D eigenvalue weighted by Crippen LogP contribution is -2.38. The van der Waals surface area contributed by atoms with Gasteiger partial charge < -0.3 is 9.47 Å². The highest BCUT2D eigenvalue weighted by Gasteiger charge is 2.26. The molecule has 0 aromatic rings. The van der Waals surface area contributed by atoms with Crippen LogP contribution in [0.4, 0.5) is 4.79 Å². The molecule has 24 heavy (non-hydrogen) atoms. The van der Waals surface area contributed by atoms with Crippen molar-refractivity contribution < 1.29 is 19.1 Å². The molecule has 1 aliphatic carbocycles. The second-order valence-corrected chi connectivity index (χ2v) is 7.09. The highest BCUT2D eigenvalue weighted by molar-refractivity contribution is 9.11. The third-order valence-electron chi connectivity index (χ3n) is 2.89. The van der Waals surface area contributed by atoms with Crippen LogP contribution in [0.5, 0.6) is 0 Å². The Labute approximate surface area is 151 Å². The van der Waals surface area contributed by atoms with Crippen molar-refractivity contribution in [3.05, 3.63) is 46.6 Å². The summed E-state index contributed by atoms with van der Waals surface area (Å²) in [4.78, 5) is 25.8. The predicted molar refractivity (Wildman–Crippen MR) is 97.6 cm³/mol. The minimum atomic E-state index is -0.644. The molecule has 0 N–H and O–H groups in total. The van der Waals surface area contributed by atoms with Gasteiger partial charge in [-0.2, -0.15) is 0 Å². The summed E-state index contributed by atoms with van der Waals surface area (Å²) in [6, 6.07) is 0. The first-order valence-electron chi connectivity index (χ1n) is 7.73. The van der Waals surface area contributed by atoms with Gasteiger partial charge in [0.2, 0.25) is 0 Å². The molecular weight excluding hydrogens is 374 g/mol. The van der Waals surface area contributed by atoms with Crippen molar-refractivity contribution in [3.63, 3.8) is 0 Å². The van der Waals surface area contributed by atoms with Crippen LogP contribution >= 0.6 is 15.9 Å². The lowest BCUT2D eigenvalue weighted by Gasteiger charge is -2.28. The molecule has 0 atom stereocenters. The Morgan fingerprint density at radius 2 is 1.96 bits per heavy atom. The third-order valence-corrected chi connectivity index (χ3v) is 3.48. The lowest BCUT2D eigenvalue weighted by atomic mass is 10.2. The van der Waals surface area contributed by atoms with Crippen LogP contribution in [0.1, 0.15) is 34.1 Å². The van der Waals surface area contributed by atoms with Crippen LogP contribution in [0.25, 0.3) is 0 Å². The average molecular weight is 398 g/mol. The molecule has 1 aliphatic rings. The van der Waals surface area contributed by atoms with Crippen LogP contribution in [-0.4, -0.2) is 35.7 Å². The SMILES string of the molecule is C=C(CN(C(=O)OC(C)(C)C)C1=CCC=C(Br)C=C1)C(=O)OCC. The molecular formula is C18H24BrNO4. The van der Waals surface area contributed by atoms with E-state index in [0.717, 1.165) is 4.48 Å². The number of esters is 1. The Morgan fingerprint density at radius 3 is 2.54 bits per heavy atom. The number of allylic oxidation sites excluding steroid dienone is 5. The number of rotatable bonds is 5. The zero-order valence-corrected chi connectivity index (χ0v) is 16.2. The number of halogens is 1. The van der Waals surface area contributed by atoms with Gasteiger partial charge in [-0.15, -0.1) is 0 Å². The van der Waals surface area contributed by atoms with Crippen molar-refractivity contribution in [2.24, 2.45) is 0 Å². The summed E-state index contributed by atoms with van der Waals surface area (Å²) in [6.45, 7) is 11.1. The van der Waals surface area contributed by atoms with Gasteiger partial charge in [0.15, 0.2) is 0 Å². The first-order chi connectivity index (χ1) is 11.1. The number of carbonyl (C=O) groups is 2. The standard InChI is InChI=1S/C18H24BrNO4/c1-6-23-16(21)13(2)12-20(17(22)24-18(3,4)5)15-9-7-8-14(19)10-11-15/h8-11H,2,6-7,12H2,1,3-5H3. The van der Waals surface area contributed by atoms with E-state index in [4.69, 9.17) is 9.47 Å². The van der Waals surface area contributed by atoms with Gasteiger partial charge in [-0.25, -0.2) is 9.59 Å². The Bertz CT molecular complexity index is 597. The van der Waals surface area contributed by atoms with Crippen molar-refractivity contribution >= 4 is 28.0 Å². The van der Waals surface area contributed by atoms with Crippen LogP contribution in [0.15, 0.2) is 46.6 Å². The van der Waals surface area contributed by atoms with Gasteiger partial charge in [-0.1, -0.05) is 34.7 Å². The van der Waals surface area contributed by atoms with E-state index in [9.17, 15) is 9.59 Å². The Balaban J connectivity index is 3.02. The van der Waals surface area contributed by atoms with Crippen molar-refractivity contribution in [2.75, 3.05) is 13.2 Å². The van der Waals surface area contributed by atoms with E-state index < -0.39 is 17.7 Å². The highest BCUT2D eigenvalue weighted by Crippen LogP contribution is 2.21. The van der Waals surface area contributed by atoms with Gasteiger partial charge in [-0.05, 0) is 46.3 Å². The topological polar surface area (TPSA) is 55.8 Å². The number of carbonyl (C=O) groups excluding carboxylic acids is 2. The van der Waals surface area contributed by atoms with Crippen LogP contribution < -0.4 is 0 Å². The fraction of sp³-hybridized carbons (Fsp3) is 0.444. The maximum atomic E-state index is 12.6. The molecule has 0 aliphatic heterocycles. The highest BCUT2D eigenvalue weighted by atomic mass is 79.9. The van der Waals surface area contributed by atoms with Gasteiger partial charge in [0.1, 0.15) is 5.60 Å². The van der Waals surface area contributed by atoms with E-state index in [1.807, 2.05) is 18.2 Å². The molecule has 0 bridgehead atoms. The second-order valence-electron chi connectivity index (χ2n) is 6.18. The number of hydrogen-bond acceptors (Lipinski definition) is 4. The van der Waals surface area contributed by atoms with Crippen LogP contribution in [0.2, 0.25) is 0 Å². The fourth-order valence-corrected chi connectivity index (χ4v) is 2.18. The molecule has 0 heterocycles. The molecule has 0 aromatic carbocycles. The molecule has 0 fully saturated rings. The first-order valence-corrected chi connectivity index (χ1v) is 8.52. The molecule has 0 aromatic heterocycles. The largest absolute Gasteiger partial charge is 0.463 e. The lowest BCUT2D eigenvalue weighted by molar-refractivity contribution is -0.138. The third kappa shape index (κ3) is 6.74. The van der Waals surface area contributed by atoms with Gasteiger partial charge in [0, 0.05) is 15.8 Å². The Hall–Kier alpha value is -1.82. The minimum absolute atomic E-state index is 0.00153. The van der Waals surface area contributed by atoms with E-state index in [1.54, 1.807) is 33.8 Å². The molecule has 0 unspecified atom stereocenters. The van der Waals surface area contributed by atoms with Gasteiger partial charge >= 0.3 is 12.1 Å². The van der Waals surface area contributed by atoms with E-state index in [2.05, 4.69) is 22.5 Å². The molecule has 0 spiro atoms. The summed E-state index contributed by atoms with van der Waals surface area (Å²) in [7, 11) is 0. The van der Waals surface area contributed by atoms with Gasteiger partial charge in [0.25, 0.3) is 0 Å². The summed E-state index contributed by atoms with van der Waals surface area (Å²) in [5.74, 6) is -0.524. The smallest absolute Gasteiger partial charge is 0.415 e. The molecule has 0 radical (unpaired) electrons. The number of amides is 1. The summed E-state index contributed by atoms with van der Waals surface area (Å²) in [5, 5.41) is 0. The van der Waals surface area contributed by atoms with Crippen molar-refractivity contribution in [2.45, 2.75) is 39.7 Å². The maximum absolute atomic E-state index is 12.6. The summed E-state index contributed by atoms with van der Waals surface area (Å²) >= 11 is 3.41. The van der Waals surface area contributed by atoms with Crippen molar-refractivity contribution in [1.82, 2.24) is 4.90 Å². The Kier molecular flexibility index (Phi) is 7.48. The van der Waals surface area contributed by atoms with Gasteiger partial charge in [-0.3, -0.25) is 4.90 Å². The van der Waals surface area contributed by atoms with Crippen LogP contribution in [0, 0.1) is 0 Å². The summed E-state index contributed by atoms with van der Waals surface area (Å²) in [5.41, 5.74) is 0.183. The molecule has 6 heteroatoms. The molecule has 0 saturated carbocycles. The number of nitrogens with zero attached hydrogens (tertiary/aromatic N) is 1. The first kappa shape index (κ1) is 20.2. The molecule has 1 amide bonds.